The van der Waals surface area contributed by atoms with Gasteiger partial charge in [-0.05, 0) is 25.5 Å². The van der Waals surface area contributed by atoms with Gasteiger partial charge in [0.05, 0.1) is 11.9 Å². The van der Waals surface area contributed by atoms with Crippen LogP contribution >= 0.6 is 0 Å². The minimum atomic E-state index is -4.22. The first kappa shape index (κ1) is 22.5. The molecule has 0 saturated carbocycles. The number of amides is 1. The normalized spacial score (nSPS) is 20.3. The van der Waals surface area contributed by atoms with Gasteiger partial charge in [0.1, 0.15) is 11.0 Å². The Hall–Kier alpha value is -3.66. The number of benzene rings is 1. The van der Waals surface area contributed by atoms with Gasteiger partial charge in [0, 0.05) is 30.5 Å². The smallest absolute Gasteiger partial charge is 0.247 e. The summed E-state index contributed by atoms with van der Waals surface area (Å²) in [6, 6.07) is 9.22. The zero-order valence-electron chi connectivity index (χ0n) is 18.4. The SMILES string of the molecule is CC(=O)NCC1(S(=O)(=O)Nc2onc(C)c2C)C=C(c2ncco2)C=CC1c1ccccc1. The van der Waals surface area contributed by atoms with Crippen molar-refractivity contribution in [2.24, 2.45) is 0 Å². The van der Waals surface area contributed by atoms with E-state index in [4.69, 9.17) is 8.94 Å². The molecular weight excluding hydrogens is 444 g/mol. The molecule has 3 aromatic rings. The Morgan fingerprint density at radius 1 is 1.21 bits per heavy atom. The molecule has 0 bridgehead atoms. The van der Waals surface area contributed by atoms with Gasteiger partial charge < -0.3 is 14.3 Å². The van der Waals surface area contributed by atoms with Crippen molar-refractivity contribution in [2.45, 2.75) is 31.4 Å². The molecule has 0 radical (unpaired) electrons. The first-order chi connectivity index (χ1) is 15.7. The van der Waals surface area contributed by atoms with Gasteiger partial charge in [-0.25, -0.2) is 18.1 Å². The van der Waals surface area contributed by atoms with Crippen molar-refractivity contribution in [3.63, 3.8) is 0 Å². The summed E-state index contributed by atoms with van der Waals surface area (Å²) in [5.41, 5.74) is 2.39. The monoisotopic (exact) mass is 468 g/mol. The molecule has 33 heavy (non-hydrogen) atoms. The summed E-state index contributed by atoms with van der Waals surface area (Å²) in [5.74, 6) is -0.691. The molecule has 0 fully saturated rings. The summed E-state index contributed by atoms with van der Waals surface area (Å²) in [5, 5.41) is 6.55. The molecule has 2 unspecified atom stereocenters. The van der Waals surface area contributed by atoms with Crippen LogP contribution in [-0.4, -0.2) is 35.8 Å². The zero-order chi connectivity index (χ0) is 23.6. The fourth-order valence-electron chi connectivity index (χ4n) is 3.81. The first-order valence-electron chi connectivity index (χ1n) is 10.3. The number of hydrogen-bond donors (Lipinski definition) is 2. The Labute approximate surface area is 191 Å². The van der Waals surface area contributed by atoms with E-state index in [0.29, 0.717) is 16.8 Å². The lowest BCUT2D eigenvalue weighted by Crippen LogP contribution is -2.54. The largest absolute Gasteiger partial charge is 0.445 e. The van der Waals surface area contributed by atoms with E-state index in [9.17, 15) is 13.2 Å². The molecule has 9 nitrogen and oxygen atoms in total. The summed E-state index contributed by atoms with van der Waals surface area (Å²) in [4.78, 5) is 16.1. The molecule has 2 atom stereocenters. The number of sulfonamides is 1. The molecule has 1 aliphatic rings. The average Bonchev–Trinajstić information content (AvgIpc) is 3.44. The van der Waals surface area contributed by atoms with Gasteiger partial charge in [0.2, 0.25) is 27.7 Å². The highest BCUT2D eigenvalue weighted by molar-refractivity contribution is 7.94. The molecule has 4 rings (SSSR count). The van der Waals surface area contributed by atoms with E-state index < -0.39 is 20.7 Å². The summed E-state index contributed by atoms with van der Waals surface area (Å²) < 4.78 is 39.7. The summed E-state index contributed by atoms with van der Waals surface area (Å²) in [7, 11) is -4.22. The van der Waals surface area contributed by atoms with E-state index in [2.05, 4.69) is 20.2 Å². The third kappa shape index (κ3) is 4.21. The topological polar surface area (TPSA) is 127 Å². The maximum absolute atomic E-state index is 14.1. The standard InChI is InChI=1S/C23H24N4O5S/c1-15-16(2)26-32-21(15)27-33(29,30)23(14-25-17(3)28)13-19(22-24-11-12-31-22)9-10-20(23)18-7-5-4-6-8-18/h4-13,20,27H,14H2,1-3H3,(H,25,28). The van der Waals surface area contributed by atoms with Gasteiger partial charge in [0.25, 0.3) is 0 Å². The number of carbonyl (C=O) groups is 1. The molecule has 1 aliphatic carbocycles. The first-order valence-corrected chi connectivity index (χ1v) is 11.8. The Kier molecular flexibility index (Phi) is 5.94. The maximum Gasteiger partial charge on any atom is 0.247 e. The number of nitrogens with zero attached hydrogens (tertiary/aromatic N) is 2. The van der Waals surface area contributed by atoms with E-state index in [1.165, 1.54) is 19.4 Å². The second-order valence-corrected chi connectivity index (χ2v) is 9.85. The number of rotatable bonds is 7. The number of allylic oxidation sites excluding steroid dienone is 3. The second kappa shape index (κ2) is 8.70. The van der Waals surface area contributed by atoms with Gasteiger partial charge in [-0.15, -0.1) is 0 Å². The van der Waals surface area contributed by atoms with Crippen molar-refractivity contribution in [2.75, 3.05) is 11.3 Å². The molecule has 2 aromatic heterocycles. The predicted molar refractivity (Wildman–Crippen MR) is 123 cm³/mol. The third-order valence-electron chi connectivity index (χ3n) is 5.73. The summed E-state index contributed by atoms with van der Waals surface area (Å²) in [6.45, 7) is 4.58. The molecule has 0 saturated heterocycles. The summed E-state index contributed by atoms with van der Waals surface area (Å²) >= 11 is 0. The minimum Gasteiger partial charge on any atom is -0.445 e. The van der Waals surface area contributed by atoms with E-state index >= 15 is 0 Å². The molecule has 172 valence electrons. The van der Waals surface area contributed by atoms with Crippen LogP contribution in [0.25, 0.3) is 5.57 Å². The van der Waals surface area contributed by atoms with Crippen LogP contribution in [0.2, 0.25) is 0 Å². The van der Waals surface area contributed by atoms with Crippen molar-refractivity contribution in [1.82, 2.24) is 15.5 Å². The van der Waals surface area contributed by atoms with Gasteiger partial charge in [-0.2, -0.15) is 0 Å². The van der Waals surface area contributed by atoms with Crippen LogP contribution in [-0.2, 0) is 14.8 Å². The molecule has 2 heterocycles. The van der Waals surface area contributed by atoms with E-state index in [0.717, 1.165) is 5.56 Å². The van der Waals surface area contributed by atoms with Gasteiger partial charge in [-0.1, -0.05) is 47.6 Å². The highest BCUT2D eigenvalue weighted by atomic mass is 32.2. The molecule has 2 N–H and O–H groups in total. The van der Waals surface area contributed by atoms with Crippen molar-refractivity contribution in [1.29, 1.82) is 0 Å². The predicted octanol–water partition coefficient (Wildman–Crippen LogP) is 3.33. The van der Waals surface area contributed by atoms with Crippen LogP contribution in [0.3, 0.4) is 0 Å². The quantitative estimate of drug-likeness (QED) is 0.544. The van der Waals surface area contributed by atoms with Crippen LogP contribution in [0, 0.1) is 13.8 Å². The molecule has 1 aromatic carbocycles. The second-order valence-electron chi connectivity index (χ2n) is 7.88. The zero-order valence-corrected chi connectivity index (χ0v) is 19.2. The van der Waals surface area contributed by atoms with Crippen LogP contribution in [0.5, 0.6) is 0 Å². The number of nitrogens with one attached hydrogen (secondary N) is 2. The number of aromatic nitrogens is 2. The van der Waals surface area contributed by atoms with Crippen LogP contribution in [0.15, 0.2) is 70.0 Å². The molecule has 10 heteroatoms. The number of oxazole rings is 1. The highest BCUT2D eigenvalue weighted by Gasteiger charge is 2.51. The molecule has 0 aliphatic heterocycles. The van der Waals surface area contributed by atoms with Gasteiger partial charge in [0.15, 0.2) is 0 Å². The minimum absolute atomic E-state index is 0.0298. The highest BCUT2D eigenvalue weighted by Crippen LogP contribution is 2.43. The van der Waals surface area contributed by atoms with Crippen LogP contribution < -0.4 is 10.0 Å². The maximum atomic E-state index is 14.1. The number of hydrogen-bond acceptors (Lipinski definition) is 7. The van der Waals surface area contributed by atoms with Crippen molar-refractivity contribution >= 4 is 27.4 Å². The van der Waals surface area contributed by atoms with Gasteiger partial charge in [-0.3, -0.25) is 4.79 Å². The lowest BCUT2D eigenvalue weighted by Gasteiger charge is -2.39. The Morgan fingerprint density at radius 2 is 1.97 bits per heavy atom. The van der Waals surface area contributed by atoms with E-state index in [-0.39, 0.29) is 24.2 Å². The summed E-state index contributed by atoms with van der Waals surface area (Å²) in [6.07, 6.45) is 8.03. The number of aryl methyl sites for hydroxylation is 1. The fourth-order valence-corrected chi connectivity index (χ4v) is 5.53. The molecule has 0 spiro atoms. The number of carbonyl (C=O) groups excluding carboxylic acids is 1. The van der Waals surface area contributed by atoms with Crippen molar-refractivity contribution in [3.8, 4) is 0 Å². The average molecular weight is 469 g/mol. The third-order valence-corrected chi connectivity index (χ3v) is 7.70. The van der Waals surface area contributed by atoms with Crippen LogP contribution in [0.1, 0.15) is 35.6 Å². The Balaban J connectivity index is 1.91. The van der Waals surface area contributed by atoms with E-state index in [1.807, 2.05) is 30.3 Å². The lowest BCUT2D eigenvalue weighted by molar-refractivity contribution is -0.119. The molecule has 1 amide bonds. The lowest BCUT2D eigenvalue weighted by atomic mass is 9.80. The Bertz CT molecular complexity index is 1310. The fraction of sp³-hybridized carbons (Fsp3) is 0.261. The van der Waals surface area contributed by atoms with Crippen molar-refractivity contribution < 1.29 is 22.2 Å². The van der Waals surface area contributed by atoms with Crippen molar-refractivity contribution in [3.05, 3.63) is 83.7 Å². The molecular formula is C23H24N4O5S. The Morgan fingerprint density at radius 3 is 2.58 bits per heavy atom. The van der Waals surface area contributed by atoms with Gasteiger partial charge >= 0.3 is 0 Å². The van der Waals surface area contributed by atoms with Crippen LogP contribution in [0.4, 0.5) is 5.88 Å². The van der Waals surface area contributed by atoms with E-state index in [1.54, 1.807) is 32.1 Å². The number of anilines is 1.